The van der Waals surface area contributed by atoms with Crippen molar-refractivity contribution in [2.75, 3.05) is 41.0 Å². The molecule has 0 rings (SSSR count). The molecule has 2 unspecified atom stereocenters. The highest BCUT2D eigenvalue weighted by Crippen LogP contribution is 2.10. The first-order chi connectivity index (χ1) is 23.1. The molecule has 1 N–H and O–H groups in total. The molecule has 0 radical (unpaired) electrons. The molecule has 0 aromatic rings. The van der Waals surface area contributed by atoms with E-state index in [1.54, 1.807) is 0 Å². The Hall–Kier alpha value is -2.97. The zero-order valence-electron chi connectivity index (χ0n) is 30.9. The summed E-state index contributed by atoms with van der Waals surface area (Å²) in [7, 11) is 5.46. The maximum absolute atomic E-state index is 12.5. The molecule has 0 amide bonds. The SMILES string of the molecule is CC/C=C/C/C=C/CCC(=O)OC(COCCC(C(=O)O)[N+](C)(C)C)COC(=O)CCC/C=C/C/C=C/C/C=C/CCCCCCCC. The van der Waals surface area contributed by atoms with E-state index in [-0.39, 0.29) is 43.1 Å². The molecule has 0 aliphatic carbocycles. The van der Waals surface area contributed by atoms with Gasteiger partial charge in [-0.1, -0.05) is 107 Å². The summed E-state index contributed by atoms with van der Waals surface area (Å²) in [5.74, 6) is -1.64. The Kier molecular flexibility index (Phi) is 29.4. The van der Waals surface area contributed by atoms with Crippen LogP contribution in [0.15, 0.2) is 60.8 Å². The molecule has 274 valence electrons. The van der Waals surface area contributed by atoms with Gasteiger partial charge in [0.05, 0.1) is 34.4 Å². The number of carboxylic acid groups (broad SMARTS) is 1. The number of rotatable bonds is 31. The molecule has 0 spiro atoms. The van der Waals surface area contributed by atoms with E-state index in [1.807, 2.05) is 33.3 Å². The molecule has 0 aliphatic heterocycles. The van der Waals surface area contributed by atoms with Gasteiger partial charge in [0.25, 0.3) is 0 Å². The summed E-state index contributed by atoms with van der Waals surface area (Å²) in [4.78, 5) is 36.5. The Morgan fingerprint density at radius 1 is 0.646 bits per heavy atom. The fourth-order valence-corrected chi connectivity index (χ4v) is 4.81. The van der Waals surface area contributed by atoms with Gasteiger partial charge in [0, 0.05) is 19.3 Å². The van der Waals surface area contributed by atoms with E-state index >= 15 is 0 Å². The predicted molar refractivity (Wildman–Crippen MR) is 197 cm³/mol. The monoisotopic (exact) mass is 674 g/mol. The minimum absolute atomic E-state index is 0.0192. The van der Waals surface area contributed by atoms with Crippen LogP contribution in [0.4, 0.5) is 0 Å². The predicted octanol–water partition coefficient (Wildman–Crippen LogP) is 9.07. The van der Waals surface area contributed by atoms with E-state index in [1.165, 1.54) is 44.9 Å². The number of quaternary nitrogens is 1. The lowest BCUT2D eigenvalue weighted by molar-refractivity contribution is -0.887. The number of aliphatic carboxylic acids is 1. The lowest BCUT2D eigenvalue weighted by Crippen LogP contribution is -2.50. The third-order valence-corrected chi connectivity index (χ3v) is 7.66. The summed E-state index contributed by atoms with van der Waals surface area (Å²) in [6, 6.07) is -0.630. The Bertz CT molecular complexity index is 975. The van der Waals surface area contributed by atoms with Gasteiger partial charge in [-0.25, -0.2) is 4.79 Å². The minimum Gasteiger partial charge on any atom is -0.477 e. The van der Waals surface area contributed by atoms with Crippen LogP contribution >= 0.6 is 0 Å². The van der Waals surface area contributed by atoms with Crippen molar-refractivity contribution in [1.29, 1.82) is 0 Å². The van der Waals surface area contributed by atoms with Crippen LogP contribution in [0.25, 0.3) is 0 Å². The van der Waals surface area contributed by atoms with E-state index < -0.39 is 24.1 Å². The Labute approximate surface area is 292 Å². The number of carbonyl (C=O) groups excluding carboxylic acids is 2. The van der Waals surface area contributed by atoms with Crippen LogP contribution in [0.2, 0.25) is 0 Å². The molecule has 0 fully saturated rings. The van der Waals surface area contributed by atoms with Gasteiger partial charge in [-0.2, -0.15) is 0 Å². The first-order valence-corrected chi connectivity index (χ1v) is 18.3. The molecule has 0 aromatic carbocycles. The van der Waals surface area contributed by atoms with E-state index in [2.05, 4.69) is 62.5 Å². The number of ether oxygens (including phenoxy) is 3. The molecular formula is C40H68NO7+. The third-order valence-electron chi connectivity index (χ3n) is 7.66. The van der Waals surface area contributed by atoms with Gasteiger partial charge in [0.1, 0.15) is 6.61 Å². The molecule has 0 heterocycles. The quantitative estimate of drug-likeness (QED) is 0.0339. The zero-order chi connectivity index (χ0) is 35.7. The number of esters is 2. The normalized spacial score (nSPS) is 13.8. The Morgan fingerprint density at radius 3 is 1.81 bits per heavy atom. The van der Waals surface area contributed by atoms with E-state index in [0.29, 0.717) is 19.3 Å². The first-order valence-electron chi connectivity index (χ1n) is 18.3. The molecule has 2 atom stereocenters. The highest BCUT2D eigenvalue weighted by Gasteiger charge is 2.31. The number of allylic oxidation sites excluding steroid dienone is 10. The summed E-state index contributed by atoms with van der Waals surface area (Å²) >= 11 is 0. The number of carboxylic acids is 1. The zero-order valence-corrected chi connectivity index (χ0v) is 30.9. The van der Waals surface area contributed by atoms with Gasteiger partial charge < -0.3 is 23.8 Å². The largest absolute Gasteiger partial charge is 0.477 e. The molecular weight excluding hydrogens is 606 g/mol. The molecule has 8 heteroatoms. The topological polar surface area (TPSA) is 99.1 Å². The lowest BCUT2D eigenvalue weighted by atomic mass is 10.1. The summed E-state index contributed by atoms with van der Waals surface area (Å²) in [5.41, 5.74) is 0. The molecule has 0 aliphatic rings. The average Bonchev–Trinajstić information content (AvgIpc) is 3.03. The van der Waals surface area contributed by atoms with Gasteiger partial charge in [0.2, 0.25) is 0 Å². The molecule has 0 saturated carbocycles. The van der Waals surface area contributed by atoms with Gasteiger partial charge in [-0.05, 0) is 57.8 Å². The van der Waals surface area contributed by atoms with Crippen molar-refractivity contribution in [3.05, 3.63) is 60.8 Å². The second-order valence-corrected chi connectivity index (χ2v) is 13.1. The lowest BCUT2D eigenvalue weighted by Gasteiger charge is -2.31. The van der Waals surface area contributed by atoms with Crippen molar-refractivity contribution in [3.63, 3.8) is 0 Å². The van der Waals surface area contributed by atoms with Crippen LogP contribution < -0.4 is 0 Å². The maximum atomic E-state index is 12.5. The van der Waals surface area contributed by atoms with Crippen LogP contribution in [-0.4, -0.2) is 80.6 Å². The van der Waals surface area contributed by atoms with Crippen LogP contribution in [0.3, 0.4) is 0 Å². The summed E-state index contributed by atoms with van der Waals surface area (Å²) < 4.78 is 17.0. The third kappa shape index (κ3) is 29.2. The van der Waals surface area contributed by atoms with Crippen molar-refractivity contribution in [2.24, 2.45) is 0 Å². The van der Waals surface area contributed by atoms with Crippen LogP contribution in [0, 0.1) is 0 Å². The number of likely N-dealkylation sites (N-methyl/N-ethyl adjacent to an activating group) is 1. The van der Waals surface area contributed by atoms with Gasteiger partial charge in [0.15, 0.2) is 12.1 Å². The van der Waals surface area contributed by atoms with Crippen LogP contribution in [-0.2, 0) is 28.6 Å². The number of unbranched alkanes of at least 4 members (excludes halogenated alkanes) is 7. The van der Waals surface area contributed by atoms with Crippen molar-refractivity contribution < 1.29 is 38.2 Å². The maximum Gasteiger partial charge on any atom is 0.362 e. The van der Waals surface area contributed by atoms with E-state index in [4.69, 9.17) is 14.2 Å². The average molecular weight is 675 g/mol. The number of carbonyl (C=O) groups is 3. The molecule has 0 bridgehead atoms. The van der Waals surface area contributed by atoms with Gasteiger partial charge in [-0.3, -0.25) is 9.59 Å². The number of hydrogen-bond donors (Lipinski definition) is 1. The standard InChI is InChI=1S/C40H67NO7/c1-6-8-10-12-14-15-16-17-18-19-20-21-22-23-25-26-28-30-38(42)47-35-36(34-46-33-32-37(40(44)45)41(3,4)5)48-39(43)31-29-27-24-13-11-9-7-2/h9,11,17-18,20-21,23-25,27,36-37H,6-8,10,12-16,19,22,26,28-35H2,1-5H3/p+1/b11-9+,18-17+,21-20+,25-23+,27-24+. The van der Waals surface area contributed by atoms with Crippen molar-refractivity contribution in [1.82, 2.24) is 0 Å². The summed E-state index contributed by atoms with van der Waals surface area (Å²) in [5, 5.41) is 9.54. The highest BCUT2D eigenvalue weighted by molar-refractivity contribution is 5.72. The van der Waals surface area contributed by atoms with Gasteiger partial charge in [-0.15, -0.1) is 0 Å². The van der Waals surface area contributed by atoms with Crippen molar-refractivity contribution in [3.8, 4) is 0 Å². The summed E-state index contributed by atoms with van der Waals surface area (Å²) in [6.45, 7) is 4.43. The summed E-state index contributed by atoms with van der Waals surface area (Å²) in [6.07, 6.45) is 36.0. The molecule has 0 aromatic heterocycles. The Morgan fingerprint density at radius 2 is 1.21 bits per heavy atom. The van der Waals surface area contributed by atoms with Crippen molar-refractivity contribution in [2.45, 2.75) is 135 Å². The second-order valence-electron chi connectivity index (χ2n) is 13.1. The fourth-order valence-electron chi connectivity index (χ4n) is 4.81. The minimum atomic E-state index is -0.894. The smallest absolute Gasteiger partial charge is 0.362 e. The number of hydrogen-bond acceptors (Lipinski definition) is 6. The van der Waals surface area contributed by atoms with Crippen molar-refractivity contribution >= 4 is 17.9 Å². The van der Waals surface area contributed by atoms with E-state index in [0.717, 1.165) is 32.1 Å². The molecule has 0 saturated heterocycles. The van der Waals surface area contributed by atoms with Crippen LogP contribution in [0.5, 0.6) is 0 Å². The van der Waals surface area contributed by atoms with Crippen LogP contribution in [0.1, 0.15) is 123 Å². The van der Waals surface area contributed by atoms with Gasteiger partial charge >= 0.3 is 17.9 Å². The highest BCUT2D eigenvalue weighted by atomic mass is 16.6. The number of nitrogens with zero attached hydrogens (tertiary/aromatic N) is 1. The Balaban J connectivity index is 4.48. The second kappa shape index (κ2) is 31.3. The van der Waals surface area contributed by atoms with E-state index in [9.17, 15) is 19.5 Å². The molecule has 48 heavy (non-hydrogen) atoms. The fraction of sp³-hybridized carbons (Fsp3) is 0.675. The molecule has 8 nitrogen and oxygen atoms in total. The first kappa shape index (κ1) is 45.0.